The fourth-order valence-corrected chi connectivity index (χ4v) is 4.92. The van der Waals surface area contributed by atoms with Crippen LogP contribution in [0.3, 0.4) is 0 Å². The van der Waals surface area contributed by atoms with E-state index in [4.69, 9.17) is 0 Å². The molecule has 2 amide bonds. The van der Waals surface area contributed by atoms with Gasteiger partial charge in [0, 0.05) is 38.8 Å². The monoisotopic (exact) mass is 359 g/mol. The number of rotatable bonds is 4. The second kappa shape index (κ2) is 6.97. The Labute approximate surface area is 153 Å². The molecule has 3 heterocycles. The molecule has 4 rings (SSSR count). The molecule has 1 aliphatic carbocycles. The summed E-state index contributed by atoms with van der Waals surface area (Å²) in [6, 6.07) is 1.45. The minimum atomic E-state index is -0.562. The van der Waals surface area contributed by atoms with Crippen LogP contribution in [0.2, 0.25) is 0 Å². The van der Waals surface area contributed by atoms with E-state index in [1.807, 2.05) is 4.90 Å². The van der Waals surface area contributed by atoms with E-state index in [2.05, 4.69) is 4.98 Å². The Kier molecular flexibility index (Phi) is 4.67. The molecule has 6 heteroatoms. The van der Waals surface area contributed by atoms with E-state index in [0.717, 1.165) is 51.4 Å². The number of aromatic nitrogens is 1. The molecule has 2 aliphatic heterocycles. The summed E-state index contributed by atoms with van der Waals surface area (Å²) in [6.07, 6.45) is 9.57. The van der Waals surface area contributed by atoms with Crippen molar-refractivity contribution in [1.29, 1.82) is 0 Å². The van der Waals surface area contributed by atoms with Gasteiger partial charge in [-0.1, -0.05) is 6.42 Å². The van der Waals surface area contributed by atoms with Crippen LogP contribution in [0.5, 0.6) is 0 Å². The lowest BCUT2D eigenvalue weighted by Crippen LogP contribution is -2.39. The van der Waals surface area contributed by atoms with Gasteiger partial charge in [-0.3, -0.25) is 14.6 Å². The topological polar surface area (TPSA) is 53.5 Å². The first-order chi connectivity index (χ1) is 12.6. The molecule has 0 aromatic carbocycles. The number of pyridine rings is 1. The van der Waals surface area contributed by atoms with Crippen molar-refractivity contribution in [2.75, 3.05) is 26.2 Å². The smallest absolute Gasteiger partial charge is 0.256 e. The largest absolute Gasteiger partial charge is 0.343 e. The molecule has 140 valence electrons. The van der Waals surface area contributed by atoms with Crippen molar-refractivity contribution < 1.29 is 14.0 Å². The van der Waals surface area contributed by atoms with Gasteiger partial charge in [-0.25, -0.2) is 4.39 Å². The lowest BCUT2D eigenvalue weighted by atomic mass is 9.62. The van der Waals surface area contributed by atoms with Crippen LogP contribution in [0.15, 0.2) is 18.5 Å². The van der Waals surface area contributed by atoms with Gasteiger partial charge in [0.1, 0.15) is 0 Å². The van der Waals surface area contributed by atoms with Crippen molar-refractivity contribution in [3.63, 3.8) is 0 Å². The van der Waals surface area contributed by atoms with Gasteiger partial charge in [0.2, 0.25) is 5.91 Å². The number of hydrogen-bond acceptors (Lipinski definition) is 3. The summed E-state index contributed by atoms with van der Waals surface area (Å²) in [4.78, 5) is 32.6. The molecular formula is C20H26FN3O2. The van der Waals surface area contributed by atoms with Crippen molar-refractivity contribution in [3.8, 4) is 0 Å². The van der Waals surface area contributed by atoms with Crippen LogP contribution in [0.1, 0.15) is 55.3 Å². The van der Waals surface area contributed by atoms with E-state index in [0.29, 0.717) is 25.4 Å². The first-order valence-electron chi connectivity index (χ1n) is 9.76. The van der Waals surface area contributed by atoms with Crippen molar-refractivity contribution in [1.82, 2.24) is 14.8 Å². The van der Waals surface area contributed by atoms with Gasteiger partial charge in [-0.15, -0.1) is 0 Å². The summed E-state index contributed by atoms with van der Waals surface area (Å²) in [5, 5.41) is 0. The fourth-order valence-electron chi connectivity index (χ4n) is 4.92. The van der Waals surface area contributed by atoms with Crippen molar-refractivity contribution in [2.45, 2.75) is 44.9 Å². The van der Waals surface area contributed by atoms with Gasteiger partial charge >= 0.3 is 0 Å². The lowest BCUT2D eigenvalue weighted by molar-refractivity contribution is -0.130. The summed E-state index contributed by atoms with van der Waals surface area (Å²) in [6.45, 7) is 3.10. The first kappa shape index (κ1) is 17.4. The summed E-state index contributed by atoms with van der Waals surface area (Å²) in [5.41, 5.74) is 0.244. The van der Waals surface area contributed by atoms with Gasteiger partial charge in [0.15, 0.2) is 5.82 Å². The van der Waals surface area contributed by atoms with E-state index in [1.54, 1.807) is 4.90 Å². The standard InChI is InChI=1S/C20H26FN3O2/c21-17-12-22-9-6-16(17)19(26)24-13-15(20(14-24)7-3-8-20)4-5-18(25)23-10-1-2-11-23/h6,9,12,15H,1-5,7-8,10-11,13-14H2. The number of likely N-dealkylation sites (tertiary alicyclic amines) is 2. The summed E-state index contributed by atoms with van der Waals surface area (Å²) >= 11 is 0. The lowest BCUT2D eigenvalue weighted by Gasteiger charge is -2.43. The Hall–Kier alpha value is -1.98. The zero-order valence-corrected chi connectivity index (χ0v) is 15.1. The predicted molar refractivity (Wildman–Crippen MR) is 94.9 cm³/mol. The third-order valence-corrected chi connectivity index (χ3v) is 6.62. The molecule has 1 saturated carbocycles. The van der Waals surface area contributed by atoms with E-state index in [-0.39, 0.29) is 22.8 Å². The van der Waals surface area contributed by atoms with E-state index < -0.39 is 5.82 Å². The van der Waals surface area contributed by atoms with Crippen LogP contribution in [-0.2, 0) is 4.79 Å². The van der Waals surface area contributed by atoms with E-state index in [1.165, 1.54) is 18.7 Å². The number of hydrogen-bond donors (Lipinski definition) is 0. The van der Waals surface area contributed by atoms with Crippen molar-refractivity contribution in [3.05, 3.63) is 29.8 Å². The molecule has 2 saturated heterocycles. The second-order valence-electron chi connectivity index (χ2n) is 8.08. The minimum Gasteiger partial charge on any atom is -0.343 e. The third kappa shape index (κ3) is 3.10. The zero-order chi connectivity index (χ0) is 18.1. The number of halogens is 1. The number of carbonyl (C=O) groups is 2. The van der Waals surface area contributed by atoms with Crippen LogP contribution >= 0.6 is 0 Å². The van der Waals surface area contributed by atoms with Crippen LogP contribution in [-0.4, -0.2) is 52.8 Å². The van der Waals surface area contributed by atoms with Crippen LogP contribution in [0, 0.1) is 17.2 Å². The maximum atomic E-state index is 13.9. The average molecular weight is 359 g/mol. The summed E-state index contributed by atoms with van der Waals surface area (Å²) in [7, 11) is 0. The quantitative estimate of drug-likeness (QED) is 0.831. The normalized spacial score (nSPS) is 24.1. The molecule has 1 aromatic rings. The average Bonchev–Trinajstić information content (AvgIpc) is 3.27. The molecule has 3 aliphatic rings. The Morgan fingerprint density at radius 3 is 2.62 bits per heavy atom. The molecule has 5 nitrogen and oxygen atoms in total. The second-order valence-corrected chi connectivity index (χ2v) is 8.08. The Morgan fingerprint density at radius 2 is 1.96 bits per heavy atom. The van der Waals surface area contributed by atoms with E-state index >= 15 is 0 Å². The fraction of sp³-hybridized carbons (Fsp3) is 0.650. The third-order valence-electron chi connectivity index (χ3n) is 6.62. The van der Waals surface area contributed by atoms with Crippen LogP contribution in [0.4, 0.5) is 4.39 Å². The minimum absolute atomic E-state index is 0.100. The van der Waals surface area contributed by atoms with Gasteiger partial charge in [0.25, 0.3) is 5.91 Å². The molecule has 1 unspecified atom stereocenters. The SMILES string of the molecule is O=C(CCC1CN(C(=O)c2ccncc2F)CC12CCC2)N1CCCC1. The van der Waals surface area contributed by atoms with E-state index in [9.17, 15) is 14.0 Å². The maximum Gasteiger partial charge on any atom is 0.256 e. The highest BCUT2D eigenvalue weighted by molar-refractivity contribution is 5.94. The summed E-state index contributed by atoms with van der Waals surface area (Å²) < 4.78 is 13.9. The zero-order valence-electron chi connectivity index (χ0n) is 15.1. The molecule has 1 atom stereocenters. The molecule has 1 aromatic heterocycles. The highest BCUT2D eigenvalue weighted by atomic mass is 19.1. The number of nitrogens with zero attached hydrogens (tertiary/aromatic N) is 3. The highest BCUT2D eigenvalue weighted by Gasteiger charge is 2.51. The molecule has 0 N–H and O–H groups in total. The first-order valence-corrected chi connectivity index (χ1v) is 9.76. The Balaban J connectivity index is 1.42. The van der Waals surface area contributed by atoms with Crippen molar-refractivity contribution in [2.24, 2.45) is 11.3 Å². The van der Waals surface area contributed by atoms with Crippen LogP contribution in [0.25, 0.3) is 0 Å². The molecular weight excluding hydrogens is 333 g/mol. The van der Waals surface area contributed by atoms with Crippen LogP contribution < -0.4 is 0 Å². The Bertz CT molecular complexity index is 698. The Morgan fingerprint density at radius 1 is 1.19 bits per heavy atom. The highest BCUT2D eigenvalue weighted by Crippen LogP contribution is 2.53. The number of carbonyl (C=O) groups excluding carboxylic acids is 2. The van der Waals surface area contributed by atoms with Gasteiger partial charge in [-0.05, 0) is 49.5 Å². The molecule has 3 fully saturated rings. The van der Waals surface area contributed by atoms with Gasteiger partial charge in [0.05, 0.1) is 11.8 Å². The molecule has 0 bridgehead atoms. The van der Waals surface area contributed by atoms with Gasteiger partial charge in [-0.2, -0.15) is 0 Å². The molecule has 0 radical (unpaired) electrons. The predicted octanol–water partition coefficient (Wildman–Crippen LogP) is 2.87. The summed E-state index contributed by atoms with van der Waals surface area (Å²) in [5.74, 6) is -0.212. The molecule has 1 spiro atoms. The maximum absolute atomic E-state index is 13.9. The number of amides is 2. The van der Waals surface area contributed by atoms with Crippen molar-refractivity contribution >= 4 is 11.8 Å². The van der Waals surface area contributed by atoms with Gasteiger partial charge < -0.3 is 9.80 Å². The molecule has 26 heavy (non-hydrogen) atoms.